The molecule has 6 heteroatoms. The first-order valence-electron chi connectivity index (χ1n) is 8.60. The number of ether oxygens (including phenoxy) is 1. The Hall–Kier alpha value is -2.89. The Morgan fingerprint density at radius 2 is 2.00 bits per heavy atom. The van der Waals surface area contributed by atoms with Crippen LogP contribution in [-0.2, 0) is 9.59 Å². The third-order valence-corrected chi connectivity index (χ3v) is 4.50. The molecular weight excluding hydrogens is 330 g/mol. The Kier molecular flexibility index (Phi) is 4.44. The zero-order valence-corrected chi connectivity index (χ0v) is 15.7. The number of carbonyl (C=O) groups is 2. The maximum absolute atomic E-state index is 13.1. The number of amides is 2. The van der Waals surface area contributed by atoms with Crippen LogP contribution in [0.2, 0.25) is 0 Å². The van der Waals surface area contributed by atoms with Gasteiger partial charge in [0.25, 0.3) is 17.4 Å². The number of rotatable bonds is 3. The minimum atomic E-state index is -1.67. The Bertz CT molecular complexity index is 878. The highest BCUT2D eigenvalue weighted by Crippen LogP contribution is 2.37. The van der Waals surface area contributed by atoms with Gasteiger partial charge in [0.15, 0.2) is 11.6 Å². The smallest absolute Gasteiger partial charge is 0.282 e. The first-order chi connectivity index (χ1) is 12.2. The molecule has 1 aliphatic rings. The van der Waals surface area contributed by atoms with Gasteiger partial charge in [0.1, 0.15) is 0 Å². The van der Waals surface area contributed by atoms with Gasteiger partial charge in [-0.15, -0.1) is 0 Å². The monoisotopic (exact) mass is 353 g/mol. The molecule has 2 heterocycles. The van der Waals surface area contributed by atoms with Crippen LogP contribution in [0.25, 0.3) is 0 Å². The number of anilines is 2. The summed E-state index contributed by atoms with van der Waals surface area (Å²) in [6, 6.07) is 8.99. The number of fused-ring (bicyclic) bond motifs is 1. The van der Waals surface area contributed by atoms with Crippen LogP contribution >= 0.6 is 0 Å². The molecule has 0 fully saturated rings. The van der Waals surface area contributed by atoms with E-state index in [0.717, 1.165) is 11.1 Å². The van der Waals surface area contributed by atoms with Gasteiger partial charge in [0.2, 0.25) is 0 Å². The van der Waals surface area contributed by atoms with Crippen molar-refractivity contribution in [1.29, 1.82) is 0 Å². The average Bonchev–Trinajstić information content (AvgIpc) is 2.58. The van der Waals surface area contributed by atoms with E-state index in [4.69, 9.17) is 4.74 Å². The normalized spacial score (nSPS) is 19.2. The number of aryl methyl sites for hydroxylation is 2. The zero-order chi connectivity index (χ0) is 19.1. The van der Waals surface area contributed by atoms with Gasteiger partial charge in [-0.2, -0.15) is 0 Å². The van der Waals surface area contributed by atoms with Crippen LogP contribution in [0.1, 0.15) is 31.9 Å². The summed E-state index contributed by atoms with van der Waals surface area (Å²) in [5, 5.41) is 2.84. The molecule has 1 aromatic carbocycles. The maximum atomic E-state index is 13.1. The molecule has 0 saturated heterocycles. The number of hydrogen-bond donors (Lipinski definition) is 1. The van der Waals surface area contributed by atoms with Crippen LogP contribution in [0, 0.1) is 13.8 Å². The van der Waals surface area contributed by atoms with Crippen molar-refractivity contribution in [3.8, 4) is 5.75 Å². The van der Waals surface area contributed by atoms with Gasteiger partial charge in [-0.25, -0.2) is 4.98 Å². The Balaban J connectivity index is 1.98. The van der Waals surface area contributed by atoms with E-state index in [-0.39, 0.29) is 6.04 Å². The van der Waals surface area contributed by atoms with Crippen LogP contribution in [0.3, 0.4) is 0 Å². The minimum absolute atomic E-state index is 0.159. The number of aromatic nitrogens is 1. The predicted octanol–water partition coefficient (Wildman–Crippen LogP) is 3.23. The molecule has 0 saturated carbocycles. The second-order valence-corrected chi connectivity index (χ2v) is 7.00. The minimum Gasteiger partial charge on any atom is -0.464 e. The summed E-state index contributed by atoms with van der Waals surface area (Å²) in [6.45, 7) is 9.15. The van der Waals surface area contributed by atoms with Crippen LogP contribution in [0.15, 0.2) is 36.5 Å². The number of carbonyl (C=O) groups excluding carboxylic acids is 2. The highest BCUT2D eigenvalue weighted by molar-refractivity contribution is 6.19. The quantitative estimate of drug-likeness (QED) is 0.860. The summed E-state index contributed by atoms with van der Waals surface area (Å²) < 4.78 is 5.84. The van der Waals surface area contributed by atoms with E-state index >= 15 is 0 Å². The summed E-state index contributed by atoms with van der Waals surface area (Å²) >= 11 is 0. The van der Waals surface area contributed by atoms with Crippen molar-refractivity contribution in [1.82, 2.24) is 4.98 Å². The fourth-order valence-electron chi connectivity index (χ4n) is 3.05. The van der Waals surface area contributed by atoms with Gasteiger partial charge >= 0.3 is 0 Å². The predicted molar refractivity (Wildman–Crippen MR) is 100 cm³/mol. The molecule has 0 bridgehead atoms. The van der Waals surface area contributed by atoms with Gasteiger partial charge < -0.3 is 10.1 Å². The van der Waals surface area contributed by atoms with Crippen molar-refractivity contribution in [3.63, 3.8) is 0 Å². The number of pyridine rings is 1. The van der Waals surface area contributed by atoms with Crippen LogP contribution in [-0.4, -0.2) is 28.4 Å². The molecule has 2 aromatic rings. The summed E-state index contributed by atoms with van der Waals surface area (Å²) in [7, 11) is 0. The van der Waals surface area contributed by atoms with E-state index in [9.17, 15) is 9.59 Å². The van der Waals surface area contributed by atoms with E-state index in [1.807, 2.05) is 45.9 Å². The van der Waals surface area contributed by atoms with E-state index in [2.05, 4.69) is 10.3 Å². The Morgan fingerprint density at radius 1 is 1.27 bits per heavy atom. The SMILES string of the molecule is Cc1ccc(NC(=O)[C@@]2(C)Oc3cccnc3N(C(C)C)C2=O)c(C)c1. The molecule has 0 spiro atoms. The second kappa shape index (κ2) is 6.44. The highest BCUT2D eigenvalue weighted by Gasteiger charge is 2.52. The lowest BCUT2D eigenvalue weighted by Crippen LogP contribution is -2.62. The lowest BCUT2D eigenvalue weighted by Gasteiger charge is -2.40. The number of benzene rings is 1. The van der Waals surface area contributed by atoms with Crippen molar-refractivity contribution in [3.05, 3.63) is 47.7 Å². The third kappa shape index (κ3) is 2.92. The number of hydrogen-bond acceptors (Lipinski definition) is 4. The van der Waals surface area contributed by atoms with Gasteiger partial charge in [-0.1, -0.05) is 17.7 Å². The summed E-state index contributed by atoms with van der Waals surface area (Å²) in [5.41, 5.74) is 1.01. The maximum Gasteiger partial charge on any atom is 0.282 e. The number of nitrogens with one attached hydrogen (secondary N) is 1. The van der Waals surface area contributed by atoms with Crippen LogP contribution in [0.4, 0.5) is 11.5 Å². The highest BCUT2D eigenvalue weighted by atomic mass is 16.5. The lowest BCUT2D eigenvalue weighted by molar-refractivity contribution is -0.145. The molecule has 0 radical (unpaired) electrons. The molecule has 1 aromatic heterocycles. The summed E-state index contributed by atoms with van der Waals surface area (Å²) in [5.74, 6) is -0.0843. The molecule has 1 N–H and O–H groups in total. The van der Waals surface area contributed by atoms with E-state index in [0.29, 0.717) is 17.3 Å². The van der Waals surface area contributed by atoms with Crippen molar-refractivity contribution in [2.24, 2.45) is 0 Å². The van der Waals surface area contributed by atoms with Crippen molar-refractivity contribution >= 4 is 23.3 Å². The van der Waals surface area contributed by atoms with Crippen LogP contribution < -0.4 is 15.0 Å². The molecule has 0 unspecified atom stereocenters. The third-order valence-electron chi connectivity index (χ3n) is 4.50. The van der Waals surface area contributed by atoms with Crippen molar-refractivity contribution in [2.45, 2.75) is 46.3 Å². The molecule has 1 atom stereocenters. The van der Waals surface area contributed by atoms with Crippen LogP contribution in [0.5, 0.6) is 5.75 Å². The van der Waals surface area contributed by atoms with Gasteiger partial charge in [0, 0.05) is 17.9 Å². The van der Waals surface area contributed by atoms with Crippen molar-refractivity contribution in [2.75, 3.05) is 10.2 Å². The largest absolute Gasteiger partial charge is 0.464 e. The molecule has 1 aliphatic heterocycles. The summed E-state index contributed by atoms with van der Waals surface area (Å²) in [6.07, 6.45) is 1.60. The second-order valence-electron chi connectivity index (χ2n) is 7.00. The number of nitrogens with zero attached hydrogens (tertiary/aromatic N) is 2. The van der Waals surface area contributed by atoms with Gasteiger partial charge in [-0.05, 0) is 58.4 Å². The summed E-state index contributed by atoms with van der Waals surface area (Å²) in [4.78, 5) is 31.9. The topological polar surface area (TPSA) is 71.5 Å². The Morgan fingerprint density at radius 3 is 2.65 bits per heavy atom. The standard InChI is InChI=1S/C20H23N3O3/c1-12(2)23-17-16(7-6-10-21-17)26-20(5,19(23)25)18(24)22-15-9-8-13(3)11-14(15)4/h6-12H,1-5H3,(H,22,24)/t20-/m1/s1. The van der Waals surface area contributed by atoms with Gasteiger partial charge in [0.05, 0.1) is 0 Å². The van der Waals surface area contributed by atoms with Crippen molar-refractivity contribution < 1.29 is 14.3 Å². The zero-order valence-electron chi connectivity index (χ0n) is 15.7. The molecule has 3 rings (SSSR count). The van der Waals surface area contributed by atoms with E-state index in [1.165, 1.54) is 11.8 Å². The first kappa shape index (κ1) is 17.9. The molecule has 26 heavy (non-hydrogen) atoms. The van der Waals surface area contributed by atoms with E-state index in [1.54, 1.807) is 18.3 Å². The molecule has 6 nitrogen and oxygen atoms in total. The van der Waals surface area contributed by atoms with E-state index < -0.39 is 17.4 Å². The fourth-order valence-corrected chi connectivity index (χ4v) is 3.05. The lowest BCUT2D eigenvalue weighted by atomic mass is 9.99. The molecule has 2 amide bonds. The average molecular weight is 353 g/mol. The van der Waals surface area contributed by atoms with Gasteiger partial charge in [-0.3, -0.25) is 14.5 Å². The molecule has 0 aliphatic carbocycles. The molecule has 136 valence electrons. The fraction of sp³-hybridized carbons (Fsp3) is 0.350. The first-order valence-corrected chi connectivity index (χ1v) is 8.60. The molecular formula is C20H23N3O3. The Labute approximate surface area is 153 Å².